The smallest absolute Gasteiger partial charge is 0.0207 e. The van der Waals surface area contributed by atoms with Crippen molar-refractivity contribution in [2.75, 3.05) is 0 Å². The van der Waals surface area contributed by atoms with Crippen molar-refractivity contribution in [3.8, 4) is 0 Å². The summed E-state index contributed by atoms with van der Waals surface area (Å²) in [6.45, 7) is 0. The van der Waals surface area contributed by atoms with Crippen molar-refractivity contribution < 1.29 is 0 Å². The molecule has 0 aliphatic carbocycles. The van der Waals surface area contributed by atoms with E-state index in [0.29, 0.717) is 0 Å². The predicted octanol–water partition coefficient (Wildman–Crippen LogP) is 6.90. The summed E-state index contributed by atoms with van der Waals surface area (Å²) in [7, 11) is 3.64. The van der Waals surface area contributed by atoms with Crippen molar-refractivity contribution in [2.45, 2.75) is 9.79 Å². The third-order valence-corrected chi connectivity index (χ3v) is 6.74. The van der Waals surface area contributed by atoms with E-state index in [0.717, 1.165) is 0 Å². The average molecular weight is 722 g/mol. The summed E-state index contributed by atoms with van der Waals surface area (Å²) in [6, 6.07) is 13.3. The SMILES string of the molecule is Ic1cc(I)cc(SSc2cc(I)cc(I)c2)c1. The molecule has 2 aromatic rings. The second kappa shape index (κ2) is 7.90. The van der Waals surface area contributed by atoms with Crippen LogP contribution in [-0.4, -0.2) is 0 Å². The molecule has 0 bridgehead atoms. The molecule has 0 saturated heterocycles. The fraction of sp³-hybridized carbons (Fsp3) is 0. The van der Waals surface area contributed by atoms with Gasteiger partial charge < -0.3 is 0 Å². The second-order valence-electron chi connectivity index (χ2n) is 3.38. The molecule has 0 aliphatic heterocycles. The van der Waals surface area contributed by atoms with Crippen LogP contribution in [0.2, 0.25) is 0 Å². The minimum absolute atomic E-state index is 1.29. The molecule has 0 N–H and O–H groups in total. The predicted molar refractivity (Wildman–Crippen MR) is 115 cm³/mol. The number of hydrogen-bond donors (Lipinski definition) is 0. The van der Waals surface area contributed by atoms with Crippen LogP contribution in [0.4, 0.5) is 0 Å². The summed E-state index contributed by atoms with van der Waals surface area (Å²) in [5.74, 6) is 0. The zero-order valence-corrected chi connectivity index (χ0v) is 19.1. The van der Waals surface area contributed by atoms with Crippen LogP contribution in [0.3, 0.4) is 0 Å². The molecule has 0 unspecified atom stereocenters. The van der Waals surface area contributed by atoms with Crippen molar-refractivity contribution in [1.29, 1.82) is 0 Å². The first kappa shape index (κ1) is 16.4. The van der Waals surface area contributed by atoms with Crippen molar-refractivity contribution in [2.24, 2.45) is 0 Å². The molecule has 0 aromatic heterocycles. The molecule has 0 fully saturated rings. The summed E-state index contributed by atoms with van der Waals surface area (Å²) in [5, 5.41) is 0. The Morgan fingerprint density at radius 2 is 0.778 bits per heavy atom. The Morgan fingerprint density at radius 1 is 0.500 bits per heavy atom. The van der Waals surface area contributed by atoms with Gasteiger partial charge in [-0.05, 0) is 127 Å². The molecule has 0 spiro atoms. The molecule has 6 heteroatoms. The topological polar surface area (TPSA) is 0 Å². The zero-order valence-electron chi connectivity index (χ0n) is 8.79. The molecule has 2 aromatic carbocycles. The van der Waals surface area contributed by atoms with Gasteiger partial charge in [0.2, 0.25) is 0 Å². The van der Waals surface area contributed by atoms with Gasteiger partial charge in [-0.25, -0.2) is 0 Å². The Balaban J connectivity index is 2.11. The van der Waals surface area contributed by atoms with Gasteiger partial charge in [-0.1, -0.05) is 21.6 Å². The van der Waals surface area contributed by atoms with Crippen molar-refractivity contribution in [3.63, 3.8) is 0 Å². The van der Waals surface area contributed by atoms with Crippen LogP contribution < -0.4 is 0 Å². The first-order valence-corrected chi connectivity index (χ1v) is 11.3. The van der Waals surface area contributed by atoms with Gasteiger partial charge in [-0.3, -0.25) is 0 Å². The van der Waals surface area contributed by atoms with Crippen LogP contribution in [0, 0.1) is 14.3 Å². The van der Waals surface area contributed by atoms with Gasteiger partial charge in [0.25, 0.3) is 0 Å². The highest BCUT2D eigenvalue weighted by Gasteiger charge is 2.02. The van der Waals surface area contributed by atoms with Gasteiger partial charge in [0.15, 0.2) is 0 Å². The lowest BCUT2D eigenvalue weighted by Crippen LogP contribution is -1.79. The summed E-state index contributed by atoms with van der Waals surface area (Å²) in [6.07, 6.45) is 0. The van der Waals surface area contributed by atoms with Gasteiger partial charge in [-0.2, -0.15) is 0 Å². The second-order valence-corrected chi connectivity index (χ2v) is 10.6. The van der Waals surface area contributed by atoms with Crippen LogP contribution in [0.5, 0.6) is 0 Å². The van der Waals surface area contributed by atoms with Gasteiger partial charge in [0.1, 0.15) is 0 Å². The lowest BCUT2D eigenvalue weighted by molar-refractivity contribution is 1.40. The maximum atomic E-state index is 2.37. The van der Waals surface area contributed by atoms with E-state index in [2.05, 4.69) is 127 Å². The molecule has 2 rings (SSSR count). The van der Waals surface area contributed by atoms with Crippen LogP contribution in [0.15, 0.2) is 46.2 Å². The quantitative estimate of drug-likeness (QED) is 0.250. The minimum Gasteiger partial charge on any atom is -0.0525 e. The van der Waals surface area contributed by atoms with E-state index in [1.54, 1.807) is 0 Å². The number of halogens is 4. The highest BCUT2D eigenvalue weighted by atomic mass is 127. The summed E-state index contributed by atoms with van der Waals surface area (Å²) >= 11 is 9.47. The minimum atomic E-state index is 1.29. The third-order valence-electron chi connectivity index (χ3n) is 1.91. The Kier molecular flexibility index (Phi) is 7.21. The standard InChI is InChI=1S/C12H6I4S2/c13-7-1-8(14)4-11(3-7)17-18-12-5-9(15)2-10(16)6-12/h1-6H. The molecular weight excluding hydrogens is 716 g/mol. The first-order valence-electron chi connectivity index (χ1n) is 4.79. The Hall–Kier alpha value is 2.06. The number of benzene rings is 2. The van der Waals surface area contributed by atoms with E-state index in [9.17, 15) is 0 Å². The fourth-order valence-corrected chi connectivity index (χ4v) is 8.02. The fourth-order valence-electron chi connectivity index (χ4n) is 1.25. The van der Waals surface area contributed by atoms with E-state index >= 15 is 0 Å². The molecular formula is C12H6I4S2. The first-order chi connectivity index (χ1) is 8.52. The largest absolute Gasteiger partial charge is 0.0525 e. The monoisotopic (exact) mass is 722 g/mol. The average Bonchev–Trinajstić information content (AvgIpc) is 2.23. The summed E-state index contributed by atoms with van der Waals surface area (Å²) < 4.78 is 5.17. The van der Waals surface area contributed by atoms with E-state index in [4.69, 9.17) is 0 Å². The highest BCUT2D eigenvalue weighted by Crippen LogP contribution is 2.39. The van der Waals surface area contributed by atoms with Crippen LogP contribution in [0.1, 0.15) is 0 Å². The summed E-state index contributed by atoms with van der Waals surface area (Å²) in [5.41, 5.74) is 0. The number of hydrogen-bond acceptors (Lipinski definition) is 2. The molecule has 0 radical (unpaired) electrons. The van der Waals surface area contributed by atoms with Gasteiger partial charge >= 0.3 is 0 Å². The molecule has 0 amide bonds. The lowest BCUT2D eigenvalue weighted by Gasteiger charge is -2.04. The number of rotatable bonds is 3. The van der Waals surface area contributed by atoms with Crippen molar-refractivity contribution >= 4 is 112 Å². The maximum absolute atomic E-state index is 2.37. The van der Waals surface area contributed by atoms with Gasteiger partial charge in [-0.15, -0.1) is 0 Å². The van der Waals surface area contributed by atoms with E-state index in [-0.39, 0.29) is 0 Å². The molecule has 0 atom stereocenters. The maximum Gasteiger partial charge on any atom is 0.0207 e. The van der Waals surface area contributed by atoms with Crippen LogP contribution >= 0.6 is 112 Å². The Bertz CT molecular complexity index is 480. The molecule has 0 nitrogen and oxygen atoms in total. The molecule has 0 aliphatic rings. The van der Waals surface area contributed by atoms with Crippen LogP contribution in [-0.2, 0) is 0 Å². The van der Waals surface area contributed by atoms with Crippen LogP contribution in [0.25, 0.3) is 0 Å². The van der Waals surface area contributed by atoms with Gasteiger partial charge in [0, 0.05) is 24.1 Å². The Labute approximate surface area is 169 Å². The molecule has 0 heterocycles. The van der Waals surface area contributed by atoms with Gasteiger partial charge in [0.05, 0.1) is 0 Å². The normalized spacial score (nSPS) is 10.7. The van der Waals surface area contributed by atoms with E-state index in [1.807, 2.05) is 21.6 Å². The zero-order chi connectivity index (χ0) is 13.1. The van der Waals surface area contributed by atoms with Crippen molar-refractivity contribution in [1.82, 2.24) is 0 Å². The van der Waals surface area contributed by atoms with Crippen molar-refractivity contribution in [3.05, 3.63) is 50.7 Å². The Morgan fingerprint density at radius 3 is 1.06 bits per heavy atom. The van der Waals surface area contributed by atoms with E-state index < -0.39 is 0 Å². The lowest BCUT2D eigenvalue weighted by atomic mass is 10.4. The molecule has 94 valence electrons. The highest BCUT2D eigenvalue weighted by molar-refractivity contribution is 14.1. The third kappa shape index (κ3) is 5.45. The molecule has 18 heavy (non-hydrogen) atoms. The molecule has 0 saturated carbocycles. The van der Waals surface area contributed by atoms with E-state index in [1.165, 1.54) is 24.1 Å². The summed E-state index contributed by atoms with van der Waals surface area (Å²) in [4.78, 5) is 2.62.